The van der Waals surface area contributed by atoms with Crippen molar-refractivity contribution in [3.63, 3.8) is 0 Å². The van der Waals surface area contributed by atoms with E-state index in [4.69, 9.17) is 5.21 Å². The molecule has 0 aliphatic rings. The van der Waals surface area contributed by atoms with E-state index >= 15 is 0 Å². The number of hydrogen-bond donors (Lipinski definition) is 1. The van der Waals surface area contributed by atoms with Crippen LogP contribution < -0.4 is 0 Å². The summed E-state index contributed by atoms with van der Waals surface area (Å²) in [6.07, 6.45) is 0.830. The Morgan fingerprint density at radius 2 is 2.14 bits per heavy atom. The average molecular weight is 151 g/mol. The maximum absolute atomic E-state index is 7.92. The number of oxime groups is 1. The van der Waals surface area contributed by atoms with Crippen LogP contribution in [0, 0.1) is 0 Å². The van der Waals surface area contributed by atoms with Crippen LogP contribution in [-0.2, 0) is 17.1 Å². The first kappa shape index (κ1) is 10.1. The van der Waals surface area contributed by atoms with E-state index < -0.39 is 0 Å². The van der Waals surface area contributed by atoms with Crippen molar-refractivity contribution in [1.82, 2.24) is 0 Å². The van der Waals surface area contributed by atoms with Crippen LogP contribution in [0.1, 0.15) is 20.3 Å². The minimum atomic E-state index is 0. The third-order valence-corrected chi connectivity index (χ3v) is 0.682. The minimum absolute atomic E-state index is 0. The molecule has 0 aromatic carbocycles. The van der Waals surface area contributed by atoms with Crippen molar-refractivity contribution in [3.8, 4) is 0 Å². The molecule has 0 atom stereocenters. The predicted octanol–water partition coefficient (Wildman–Crippen LogP) is 1.24. The third-order valence-electron chi connectivity index (χ3n) is 0.682. The Labute approximate surface area is 54.1 Å². The van der Waals surface area contributed by atoms with E-state index in [1.54, 1.807) is 6.92 Å². The van der Waals surface area contributed by atoms with Gasteiger partial charge in [-0.25, -0.2) is 0 Å². The monoisotopic (exact) mass is 150 g/mol. The zero-order valence-corrected chi connectivity index (χ0v) is 5.34. The summed E-state index contributed by atoms with van der Waals surface area (Å²) in [5, 5.41) is 10.8. The fourth-order valence-corrected chi connectivity index (χ4v) is 0.0707. The molecule has 0 aliphatic heterocycles. The summed E-state index contributed by atoms with van der Waals surface area (Å²) in [5.74, 6) is 0. The third kappa shape index (κ3) is 5.99. The molecular weight excluding hydrogens is 142 g/mol. The van der Waals surface area contributed by atoms with E-state index in [1.165, 1.54) is 0 Å². The molecule has 0 amide bonds. The second-order valence-electron chi connectivity index (χ2n) is 1.19. The zero-order valence-electron chi connectivity index (χ0n) is 4.40. The van der Waals surface area contributed by atoms with Crippen molar-refractivity contribution >= 4 is 5.71 Å². The standard InChI is InChI=1S/C4H9NO.Cu/c1-3-4(2)5-6;/h6H,3H2,1-2H3;. The molecule has 0 fully saturated rings. The predicted molar refractivity (Wildman–Crippen MR) is 25.2 cm³/mol. The van der Waals surface area contributed by atoms with Gasteiger partial charge in [0.05, 0.1) is 5.71 Å². The van der Waals surface area contributed by atoms with Gasteiger partial charge >= 0.3 is 0 Å². The summed E-state index contributed by atoms with van der Waals surface area (Å²) >= 11 is 0. The Bertz CT molecular complexity index is 62.7. The van der Waals surface area contributed by atoms with Crippen molar-refractivity contribution in [2.24, 2.45) is 5.16 Å². The molecule has 0 aromatic rings. The summed E-state index contributed by atoms with van der Waals surface area (Å²) in [7, 11) is 0. The zero-order chi connectivity index (χ0) is 4.99. The first-order valence-electron chi connectivity index (χ1n) is 1.98. The molecule has 2 nitrogen and oxygen atoms in total. The molecule has 0 bridgehead atoms. The van der Waals surface area contributed by atoms with Crippen molar-refractivity contribution in [2.75, 3.05) is 0 Å². The van der Waals surface area contributed by atoms with Crippen molar-refractivity contribution in [3.05, 3.63) is 0 Å². The van der Waals surface area contributed by atoms with Gasteiger partial charge in [-0.15, -0.1) is 0 Å². The van der Waals surface area contributed by atoms with E-state index in [1.807, 2.05) is 6.92 Å². The molecule has 0 saturated heterocycles. The van der Waals surface area contributed by atoms with Crippen LogP contribution >= 0.6 is 0 Å². The van der Waals surface area contributed by atoms with Crippen LogP contribution in [0.25, 0.3) is 0 Å². The second-order valence-corrected chi connectivity index (χ2v) is 1.19. The van der Waals surface area contributed by atoms with E-state index in [9.17, 15) is 0 Å². The maximum atomic E-state index is 7.92. The van der Waals surface area contributed by atoms with E-state index in [0.717, 1.165) is 12.1 Å². The van der Waals surface area contributed by atoms with Crippen LogP contribution in [0.4, 0.5) is 0 Å². The van der Waals surface area contributed by atoms with Crippen LogP contribution in [0.2, 0.25) is 0 Å². The van der Waals surface area contributed by atoms with Crippen molar-refractivity contribution < 1.29 is 22.3 Å². The average Bonchev–Trinajstić information content (AvgIpc) is 1.65. The van der Waals surface area contributed by atoms with Gasteiger partial charge < -0.3 is 5.21 Å². The van der Waals surface area contributed by atoms with Gasteiger partial charge in [-0.05, 0) is 13.3 Å². The first-order chi connectivity index (χ1) is 2.81. The molecule has 0 aromatic heterocycles. The van der Waals surface area contributed by atoms with Gasteiger partial charge in [0.25, 0.3) is 0 Å². The Balaban J connectivity index is 0. The fourth-order valence-electron chi connectivity index (χ4n) is 0.0707. The number of nitrogens with zero attached hydrogens (tertiary/aromatic N) is 1. The Morgan fingerprint density at radius 3 is 2.14 bits per heavy atom. The molecule has 1 N–H and O–H groups in total. The van der Waals surface area contributed by atoms with Crippen LogP contribution in [0.15, 0.2) is 5.16 Å². The summed E-state index contributed by atoms with van der Waals surface area (Å²) in [4.78, 5) is 0. The Hall–Kier alpha value is -0.0105. The van der Waals surface area contributed by atoms with E-state index in [-0.39, 0.29) is 17.1 Å². The molecule has 47 valence electrons. The number of hydrogen-bond acceptors (Lipinski definition) is 2. The molecule has 7 heavy (non-hydrogen) atoms. The summed E-state index contributed by atoms with van der Waals surface area (Å²) in [5.41, 5.74) is 0.773. The van der Waals surface area contributed by atoms with Crippen molar-refractivity contribution in [2.45, 2.75) is 20.3 Å². The molecule has 0 unspecified atom stereocenters. The minimum Gasteiger partial charge on any atom is -0.411 e. The van der Waals surface area contributed by atoms with Gasteiger partial charge in [-0.3, -0.25) is 0 Å². The summed E-state index contributed by atoms with van der Waals surface area (Å²) < 4.78 is 0. The van der Waals surface area contributed by atoms with Crippen LogP contribution in [-0.4, -0.2) is 10.9 Å². The molecule has 0 aliphatic carbocycles. The van der Waals surface area contributed by atoms with Gasteiger partial charge in [0, 0.05) is 17.1 Å². The van der Waals surface area contributed by atoms with Gasteiger partial charge in [-0.1, -0.05) is 12.1 Å². The molecule has 3 heteroatoms. The van der Waals surface area contributed by atoms with E-state index in [2.05, 4.69) is 5.16 Å². The molecule has 1 radical (unpaired) electrons. The fraction of sp³-hybridized carbons (Fsp3) is 0.750. The van der Waals surface area contributed by atoms with Gasteiger partial charge in [0.1, 0.15) is 0 Å². The normalized spacial score (nSPS) is 10.3. The molecule has 0 rings (SSSR count). The van der Waals surface area contributed by atoms with Crippen LogP contribution in [0.3, 0.4) is 0 Å². The molecule has 0 saturated carbocycles. The molecule has 0 spiro atoms. The summed E-state index contributed by atoms with van der Waals surface area (Å²) in [6.45, 7) is 3.72. The van der Waals surface area contributed by atoms with Crippen molar-refractivity contribution in [1.29, 1.82) is 0 Å². The van der Waals surface area contributed by atoms with Crippen LogP contribution in [0.5, 0.6) is 0 Å². The molecular formula is C4H9CuNO. The largest absolute Gasteiger partial charge is 0.411 e. The molecule has 0 heterocycles. The van der Waals surface area contributed by atoms with Gasteiger partial charge in [0.2, 0.25) is 0 Å². The quantitative estimate of drug-likeness (QED) is 0.260. The second kappa shape index (κ2) is 5.99. The maximum Gasteiger partial charge on any atom is 0.0537 e. The number of rotatable bonds is 1. The first-order valence-corrected chi connectivity index (χ1v) is 1.98. The van der Waals surface area contributed by atoms with E-state index in [0.29, 0.717) is 0 Å². The summed E-state index contributed by atoms with van der Waals surface area (Å²) in [6, 6.07) is 0. The van der Waals surface area contributed by atoms with Gasteiger partial charge in [0.15, 0.2) is 0 Å². The smallest absolute Gasteiger partial charge is 0.0537 e. The SMILES string of the molecule is CCC(C)=NO.[Cu]. The Morgan fingerprint density at radius 1 is 1.71 bits per heavy atom. The van der Waals surface area contributed by atoms with Gasteiger partial charge in [-0.2, -0.15) is 0 Å². The topological polar surface area (TPSA) is 32.6 Å². The Kier molecular flexibility index (Phi) is 8.62.